The van der Waals surface area contributed by atoms with Crippen molar-refractivity contribution in [3.05, 3.63) is 60.7 Å². The summed E-state index contributed by atoms with van der Waals surface area (Å²) in [4.78, 5) is 64.0. The molecule has 2 aromatic carbocycles. The van der Waals surface area contributed by atoms with Crippen LogP contribution in [-0.4, -0.2) is 122 Å². The van der Waals surface area contributed by atoms with Crippen LogP contribution in [0.3, 0.4) is 0 Å². The second kappa shape index (κ2) is 20.1. The molecule has 3 N–H and O–H groups in total. The van der Waals surface area contributed by atoms with Crippen molar-refractivity contribution in [1.29, 1.82) is 0 Å². The Balaban J connectivity index is 1.16. The Morgan fingerprint density at radius 1 is 1.03 bits per heavy atom. The van der Waals surface area contributed by atoms with E-state index >= 15 is 4.79 Å². The van der Waals surface area contributed by atoms with E-state index in [1.807, 2.05) is 49.8 Å². The number of benzene rings is 2. The highest BCUT2D eigenvalue weighted by molar-refractivity contribution is 7.91. The number of rotatable bonds is 12. The maximum Gasteiger partial charge on any atom is 0.430 e. The summed E-state index contributed by atoms with van der Waals surface area (Å²) in [7, 11) is -2.98. The third-order valence-corrected chi connectivity index (χ3v) is 16.5. The fourth-order valence-electron chi connectivity index (χ4n) is 9.92. The van der Waals surface area contributed by atoms with Gasteiger partial charge in [-0.05, 0) is 125 Å². The van der Waals surface area contributed by atoms with Crippen LogP contribution in [0.25, 0.3) is 22.0 Å². The molecule has 5 aliphatic rings. The molecule has 3 aliphatic heterocycles. The van der Waals surface area contributed by atoms with Gasteiger partial charge in [0.15, 0.2) is 0 Å². The summed E-state index contributed by atoms with van der Waals surface area (Å²) in [5.74, 6) is -2.94. The fourth-order valence-corrected chi connectivity index (χ4v) is 11.3. The van der Waals surface area contributed by atoms with E-state index in [1.165, 1.54) is 7.11 Å². The zero-order valence-electron chi connectivity index (χ0n) is 40.3. The molecule has 3 aromatic rings. The molecule has 0 bridgehead atoms. The highest BCUT2D eigenvalue weighted by Gasteiger charge is 2.64. The zero-order chi connectivity index (χ0) is 51.1. The van der Waals surface area contributed by atoms with Crippen LogP contribution >= 0.6 is 0 Å². The maximum atomic E-state index is 15.2. The number of allylic oxidation sites excluding steroid dienone is 1. The van der Waals surface area contributed by atoms with E-state index in [0.717, 1.165) is 4.90 Å². The SMILES string of the molecule is COc1ccc2c(O[C@@H]3C[C@H]4C(=O)N[C@]5(C(=O)NS(=O)(=O)C6(CF)CC6)C[C@H]5/C=C\CC[C@@H](C)C[C@@H](C)[C@H](NC(=O)O[C@]5(C(F)(F)F)CCCOC5)C(=O)N4C3)nc(-c3ccc(OC(C)C)cc3)cc2c1. The minimum absolute atomic E-state index is 0.0101. The molecule has 2 saturated heterocycles. The number of pyridine rings is 1. The van der Waals surface area contributed by atoms with Gasteiger partial charge in [-0.2, -0.15) is 13.2 Å². The van der Waals surface area contributed by atoms with Gasteiger partial charge in [-0.3, -0.25) is 19.1 Å². The number of aromatic nitrogens is 1. The summed E-state index contributed by atoms with van der Waals surface area (Å²) in [5.41, 5.74) is -3.57. The van der Waals surface area contributed by atoms with Gasteiger partial charge in [-0.25, -0.2) is 22.6 Å². The van der Waals surface area contributed by atoms with Gasteiger partial charge in [-0.1, -0.05) is 26.0 Å². The number of nitrogens with one attached hydrogen (secondary N) is 3. The first kappa shape index (κ1) is 51.6. The molecule has 0 spiro atoms. The van der Waals surface area contributed by atoms with Gasteiger partial charge in [-0.15, -0.1) is 0 Å². The van der Waals surface area contributed by atoms with E-state index in [9.17, 15) is 40.4 Å². The number of methoxy groups -OCH3 is 1. The molecule has 4 amide bonds. The first-order valence-corrected chi connectivity index (χ1v) is 25.6. The predicted octanol–water partition coefficient (Wildman–Crippen LogP) is 7.09. The molecule has 4 fully saturated rings. The number of alkyl carbamates (subject to hydrolysis) is 1. The smallest absolute Gasteiger partial charge is 0.430 e. The summed E-state index contributed by atoms with van der Waals surface area (Å²) >= 11 is 0. The lowest BCUT2D eigenvalue weighted by atomic mass is 9.88. The molecule has 0 unspecified atom stereocenters. The van der Waals surface area contributed by atoms with Crippen LogP contribution in [0, 0.1) is 17.8 Å². The molecule has 21 heteroatoms. The van der Waals surface area contributed by atoms with Gasteiger partial charge < -0.3 is 39.2 Å². The Labute approximate surface area is 409 Å². The number of ether oxygens (including phenoxy) is 5. The van der Waals surface area contributed by atoms with E-state index in [0.29, 0.717) is 52.8 Å². The lowest BCUT2D eigenvalue weighted by Crippen LogP contribution is -2.60. The first-order chi connectivity index (χ1) is 33.6. The Hall–Kier alpha value is -5.70. The molecule has 8 atom stereocenters. The second-order valence-electron chi connectivity index (χ2n) is 20.1. The molecular weight excluding hydrogens is 955 g/mol. The molecule has 0 radical (unpaired) electrons. The summed E-state index contributed by atoms with van der Waals surface area (Å²) in [5, 5.41) is 6.44. The standard InChI is InChI=1S/C50H61F4N5O11S/c1-29(2)68-35-13-11-32(12-14-35)39-23-33-22-36(66-5)15-16-38(33)43(55-39)69-37-24-40-42(60)57-49(45(62)58-71(64,65)47(27-51)18-19-47)25-34(49)10-7-6-9-30(3)21-31(4)41(44(61)59(40)26-37)56-46(63)70-48(50(52,53)54)17-8-20-67-28-48/h7,10-16,22-23,29-31,34,37,40-41H,6,8-9,17-21,24-28H2,1-5H3,(H,56,63)(H,57,60)(H,58,62)/b10-7-/t30-,31-,34-,37-,40+,41+,48-,49-/m1/s1. The molecule has 2 saturated carbocycles. The minimum atomic E-state index is -5.01. The van der Waals surface area contributed by atoms with Gasteiger partial charge in [0, 0.05) is 36.3 Å². The largest absolute Gasteiger partial charge is 0.497 e. The Morgan fingerprint density at radius 3 is 2.41 bits per heavy atom. The first-order valence-electron chi connectivity index (χ1n) is 24.1. The number of hydrogen-bond acceptors (Lipinski definition) is 12. The number of nitrogens with zero attached hydrogens (tertiary/aromatic N) is 2. The number of amides is 4. The van der Waals surface area contributed by atoms with Crippen molar-refractivity contribution in [3.8, 4) is 28.6 Å². The third-order valence-electron chi connectivity index (χ3n) is 14.4. The number of alkyl halides is 4. The summed E-state index contributed by atoms with van der Waals surface area (Å²) in [6.07, 6.45) is -3.47. The van der Waals surface area contributed by atoms with E-state index in [-0.39, 0.29) is 63.2 Å². The molecule has 2 aliphatic carbocycles. The summed E-state index contributed by atoms with van der Waals surface area (Å²) < 4.78 is 113. The molecule has 4 heterocycles. The van der Waals surface area contributed by atoms with Crippen LogP contribution in [0.15, 0.2) is 60.7 Å². The molecule has 1 aromatic heterocycles. The second-order valence-corrected chi connectivity index (χ2v) is 22.2. The van der Waals surface area contributed by atoms with Crippen molar-refractivity contribution >= 4 is 44.6 Å². The van der Waals surface area contributed by atoms with Crippen molar-refractivity contribution in [1.82, 2.24) is 25.2 Å². The number of fused-ring (bicyclic) bond motifs is 3. The molecule has 71 heavy (non-hydrogen) atoms. The van der Waals surface area contributed by atoms with E-state index in [4.69, 9.17) is 28.7 Å². The Bertz CT molecular complexity index is 2640. The maximum absolute atomic E-state index is 15.2. The highest BCUT2D eigenvalue weighted by atomic mass is 32.2. The van der Waals surface area contributed by atoms with Gasteiger partial charge in [0.25, 0.3) is 5.91 Å². The molecule has 386 valence electrons. The quantitative estimate of drug-likeness (QED) is 0.123. The number of hydrogen-bond donors (Lipinski definition) is 3. The van der Waals surface area contributed by atoms with Gasteiger partial charge in [0.1, 0.15) is 46.6 Å². The summed E-state index contributed by atoms with van der Waals surface area (Å²) in [6, 6.07) is 11.4. The van der Waals surface area contributed by atoms with Gasteiger partial charge in [0.2, 0.25) is 33.3 Å². The number of carbonyl (C=O) groups is 4. The van der Waals surface area contributed by atoms with Crippen molar-refractivity contribution in [2.75, 3.05) is 33.5 Å². The number of carbonyl (C=O) groups excluding carboxylic acids is 4. The van der Waals surface area contributed by atoms with Gasteiger partial charge in [0.05, 0.1) is 32.1 Å². The number of halogens is 4. The van der Waals surface area contributed by atoms with Crippen LogP contribution in [-0.2, 0) is 33.9 Å². The molecular formula is C50H61F4N5O11S. The van der Waals surface area contributed by atoms with Crippen molar-refractivity contribution in [2.24, 2.45) is 17.8 Å². The lowest BCUT2D eigenvalue weighted by Gasteiger charge is -2.38. The highest BCUT2D eigenvalue weighted by Crippen LogP contribution is 2.48. The van der Waals surface area contributed by atoms with Crippen LogP contribution in [0.1, 0.15) is 85.5 Å². The summed E-state index contributed by atoms with van der Waals surface area (Å²) in [6.45, 7) is 5.02. The average Bonchev–Trinajstić information content (AvgIpc) is 4.23. The van der Waals surface area contributed by atoms with Crippen LogP contribution in [0.5, 0.6) is 17.4 Å². The fraction of sp³-hybridized carbons (Fsp3) is 0.580. The van der Waals surface area contributed by atoms with Crippen LogP contribution in [0.2, 0.25) is 0 Å². The normalized spacial score (nSPS) is 29.4. The predicted molar refractivity (Wildman–Crippen MR) is 252 cm³/mol. The Kier molecular flexibility index (Phi) is 14.6. The molecule has 8 rings (SSSR count). The Morgan fingerprint density at radius 2 is 1.76 bits per heavy atom. The van der Waals surface area contributed by atoms with Crippen LogP contribution < -0.4 is 29.6 Å². The van der Waals surface area contributed by atoms with Crippen molar-refractivity contribution in [3.63, 3.8) is 0 Å². The van der Waals surface area contributed by atoms with E-state index < -0.39 is 106 Å². The minimum Gasteiger partial charge on any atom is -0.497 e. The lowest BCUT2D eigenvalue weighted by molar-refractivity contribution is -0.285. The third kappa shape index (κ3) is 10.8. The van der Waals surface area contributed by atoms with Crippen molar-refractivity contribution in [2.45, 2.75) is 132 Å². The zero-order valence-corrected chi connectivity index (χ0v) is 41.1. The molecule has 16 nitrogen and oxygen atoms in total. The van der Waals surface area contributed by atoms with Crippen LogP contribution in [0.4, 0.5) is 22.4 Å². The average molecular weight is 1020 g/mol. The van der Waals surface area contributed by atoms with E-state index in [2.05, 4.69) is 10.6 Å². The van der Waals surface area contributed by atoms with Gasteiger partial charge >= 0.3 is 12.3 Å². The van der Waals surface area contributed by atoms with Crippen molar-refractivity contribution < 1.29 is 68.8 Å². The topological polar surface area (TPSA) is 201 Å². The number of sulfonamides is 1. The monoisotopic (exact) mass is 1020 g/mol. The van der Waals surface area contributed by atoms with E-state index in [1.54, 1.807) is 43.3 Å².